The van der Waals surface area contributed by atoms with E-state index >= 15 is 0 Å². The predicted molar refractivity (Wildman–Crippen MR) is 77.8 cm³/mol. The van der Waals surface area contributed by atoms with Crippen molar-refractivity contribution in [1.82, 2.24) is 9.88 Å². The summed E-state index contributed by atoms with van der Waals surface area (Å²) in [7, 11) is 0. The molecule has 0 atom stereocenters. The predicted octanol–water partition coefficient (Wildman–Crippen LogP) is 3.10. The first-order valence-electron chi connectivity index (χ1n) is 6.28. The summed E-state index contributed by atoms with van der Waals surface area (Å²) in [6.07, 6.45) is 2.74. The van der Waals surface area contributed by atoms with E-state index in [2.05, 4.69) is 4.98 Å². The van der Waals surface area contributed by atoms with Gasteiger partial charge in [0.25, 0.3) is 5.91 Å². The quantitative estimate of drug-likeness (QED) is 0.941. The molecule has 104 valence electrons. The number of rotatable bonds is 4. The molecule has 0 spiro atoms. The number of halogens is 1. The minimum atomic E-state index is -0.170. The van der Waals surface area contributed by atoms with Crippen molar-refractivity contribution in [3.05, 3.63) is 58.9 Å². The summed E-state index contributed by atoms with van der Waals surface area (Å²) in [5.41, 5.74) is 1.33. The Morgan fingerprint density at radius 2 is 2.15 bits per heavy atom. The molecule has 1 aromatic heterocycles. The summed E-state index contributed by atoms with van der Waals surface area (Å²) < 4.78 is 0. The second-order valence-electron chi connectivity index (χ2n) is 4.38. The molecule has 0 aliphatic heterocycles. The first kappa shape index (κ1) is 14.3. The van der Waals surface area contributed by atoms with Crippen molar-refractivity contribution in [2.75, 3.05) is 6.54 Å². The third-order valence-corrected chi connectivity index (χ3v) is 3.14. The summed E-state index contributed by atoms with van der Waals surface area (Å²) in [5, 5.41) is 10.0. The molecule has 1 N–H and O–H groups in total. The smallest absolute Gasteiger partial charge is 0.255 e. The lowest BCUT2D eigenvalue weighted by molar-refractivity contribution is 0.0751. The van der Waals surface area contributed by atoms with Gasteiger partial charge in [0.15, 0.2) is 0 Å². The molecule has 0 unspecified atom stereocenters. The van der Waals surface area contributed by atoms with Gasteiger partial charge in [0, 0.05) is 24.3 Å². The number of aromatic nitrogens is 1. The highest BCUT2D eigenvalue weighted by Crippen LogP contribution is 2.15. The van der Waals surface area contributed by atoms with Crippen molar-refractivity contribution < 1.29 is 9.90 Å². The van der Waals surface area contributed by atoms with Gasteiger partial charge in [0.05, 0.1) is 11.8 Å². The van der Waals surface area contributed by atoms with Crippen molar-refractivity contribution in [3.8, 4) is 5.75 Å². The van der Waals surface area contributed by atoms with Crippen LogP contribution in [0.3, 0.4) is 0 Å². The fourth-order valence-electron chi connectivity index (χ4n) is 1.91. The van der Waals surface area contributed by atoms with E-state index in [4.69, 9.17) is 11.6 Å². The molecular weight excluding hydrogens is 276 g/mol. The maximum absolute atomic E-state index is 12.4. The van der Waals surface area contributed by atoms with Gasteiger partial charge in [-0.25, -0.2) is 0 Å². The molecule has 0 saturated carbocycles. The van der Waals surface area contributed by atoms with Crippen LogP contribution in [0.25, 0.3) is 0 Å². The van der Waals surface area contributed by atoms with E-state index in [9.17, 15) is 9.90 Å². The van der Waals surface area contributed by atoms with E-state index in [1.165, 1.54) is 18.5 Å². The lowest BCUT2D eigenvalue weighted by Crippen LogP contribution is -2.30. The topological polar surface area (TPSA) is 53.4 Å². The van der Waals surface area contributed by atoms with Gasteiger partial charge in [-0.3, -0.25) is 9.78 Å². The van der Waals surface area contributed by atoms with Crippen molar-refractivity contribution in [2.45, 2.75) is 13.5 Å². The van der Waals surface area contributed by atoms with Crippen LogP contribution in [0.2, 0.25) is 5.02 Å². The lowest BCUT2D eigenvalue weighted by Gasteiger charge is -2.21. The van der Waals surface area contributed by atoms with Gasteiger partial charge in [-0.05, 0) is 30.7 Å². The Balaban J connectivity index is 2.18. The van der Waals surface area contributed by atoms with E-state index in [0.29, 0.717) is 23.7 Å². The molecule has 1 aromatic carbocycles. The normalized spacial score (nSPS) is 10.3. The third-order valence-electron chi connectivity index (χ3n) is 2.90. The zero-order chi connectivity index (χ0) is 14.5. The van der Waals surface area contributed by atoms with Crippen molar-refractivity contribution in [2.24, 2.45) is 0 Å². The van der Waals surface area contributed by atoms with Crippen LogP contribution < -0.4 is 0 Å². The fourth-order valence-corrected chi connectivity index (χ4v) is 2.12. The molecule has 0 fully saturated rings. The molecule has 20 heavy (non-hydrogen) atoms. The Morgan fingerprint density at radius 1 is 1.35 bits per heavy atom. The first-order chi connectivity index (χ1) is 9.60. The van der Waals surface area contributed by atoms with E-state index in [0.717, 1.165) is 5.56 Å². The summed E-state index contributed by atoms with van der Waals surface area (Å²) in [6, 6.07) is 8.81. The minimum absolute atomic E-state index is 0.0188. The highest BCUT2D eigenvalue weighted by atomic mass is 35.5. The average Bonchev–Trinajstić information content (AvgIpc) is 2.44. The second kappa shape index (κ2) is 6.39. The largest absolute Gasteiger partial charge is 0.506 e. The Labute approximate surface area is 122 Å². The zero-order valence-corrected chi connectivity index (χ0v) is 11.8. The van der Waals surface area contributed by atoms with Crippen LogP contribution in [0.4, 0.5) is 0 Å². The van der Waals surface area contributed by atoms with Crippen molar-refractivity contribution >= 4 is 17.5 Å². The highest BCUT2D eigenvalue weighted by Gasteiger charge is 2.15. The van der Waals surface area contributed by atoms with Crippen LogP contribution in [0.15, 0.2) is 42.7 Å². The van der Waals surface area contributed by atoms with Crippen LogP contribution in [0.5, 0.6) is 5.75 Å². The molecule has 4 nitrogen and oxygen atoms in total. The number of pyridine rings is 1. The van der Waals surface area contributed by atoms with Gasteiger partial charge < -0.3 is 10.0 Å². The molecule has 0 aliphatic carbocycles. The summed E-state index contributed by atoms with van der Waals surface area (Å²) in [4.78, 5) is 17.9. The average molecular weight is 291 g/mol. The molecule has 2 rings (SSSR count). The fraction of sp³-hybridized carbons (Fsp3) is 0.200. The Hall–Kier alpha value is -2.07. The molecule has 0 radical (unpaired) electrons. The maximum Gasteiger partial charge on any atom is 0.255 e. The van der Waals surface area contributed by atoms with Crippen LogP contribution in [0, 0.1) is 0 Å². The standard InChI is InChI=1S/C15H15ClN2O2/c1-2-18(10-11-4-3-5-13(16)6-11)15(20)12-7-14(19)9-17-8-12/h3-9,19H,2,10H2,1H3. The van der Waals surface area contributed by atoms with Gasteiger partial charge in [-0.1, -0.05) is 23.7 Å². The van der Waals surface area contributed by atoms with Crippen molar-refractivity contribution in [1.29, 1.82) is 0 Å². The van der Waals surface area contributed by atoms with Crippen LogP contribution in [-0.4, -0.2) is 27.4 Å². The van der Waals surface area contributed by atoms with E-state index < -0.39 is 0 Å². The highest BCUT2D eigenvalue weighted by molar-refractivity contribution is 6.30. The van der Waals surface area contributed by atoms with E-state index in [1.807, 2.05) is 25.1 Å². The Kier molecular flexibility index (Phi) is 4.58. The Bertz CT molecular complexity index is 616. The SMILES string of the molecule is CCN(Cc1cccc(Cl)c1)C(=O)c1cncc(O)c1. The number of hydrogen-bond donors (Lipinski definition) is 1. The number of benzene rings is 1. The molecule has 1 heterocycles. The first-order valence-corrected chi connectivity index (χ1v) is 6.65. The van der Waals surface area contributed by atoms with Gasteiger partial charge >= 0.3 is 0 Å². The molecule has 0 saturated heterocycles. The third kappa shape index (κ3) is 3.48. The Morgan fingerprint density at radius 3 is 2.80 bits per heavy atom. The molecular formula is C15H15ClN2O2. The monoisotopic (exact) mass is 290 g/mol. The summed E-state index contributed by atoms with van der Waals surface area (Å²) in [5.74, 6) is -0.189. The number of carbonyl (C=O) groups is 1. The summed E-state index contributed by atoms with van der Waals surface area (Å²) in [6.45, 7) is 2.92. The number of aromatic hydroxyl groups is 1. The number of amides is 1. The molecule has 5 heteroatoms. The van der Waals surface area contributed by atoms with E-state index in [1.54, 1.807) is 11.0 Å². The zero-order valence-electron chi connectivity index (χ0n) is 11.1. The summed E-state index contributed by atoms with van der Waals surface area (Å²) >= 11 is 5.94. The van der Waals surface area contributed by atoms with Crippen molar-refractivity contribution in [3.63, 3.8) is 0 Å². The number of hydrogen-bond acceptors (Lipinski definition) is 3. The minimum Gasteiger partial charge on any atom is -0.506 e. The molecule has 1 amide bonds. The van der Waals surface area contributed by atoms with Gasteiger partial charge in [0.1, 0.15) is 5.75 Å². The van der Waals surface area contributed by atoms with Crippen LogP contribution in [0.1, 0.15) is 22.8 Å². The van der Waals surface area contributed by atoms with Crippen LogP contribution in [-0.2, 0) is 6.54 Å². The van der Waals surface area contributed by atoms with Gasteiger partial charge in [0.2, 0.25) is 0 Å². The molecule has 0 aliphatic rings. The molecule has 2 aromatic rings. The molecule has 0 bridgehead atoms. The number of carbonyl (C=O) groups excluding carboxylic acids is 1. The van der Waals surface area contributed by atoms with Gasteiger partial charge in [-0.2, -0.15) is 0 Å². The maximum atomic E-state index is 12.4. The number of nitrogens with zero attached hydrogens (tertiary/aromatic N) is 2. The van der Waals surface area contributed by atoms with E-state index in [-0.39, 0.29) is 11.7 Å². The second-order valence-corrected chi connectivity index (χ2v) is 4.82. The van der Waals surface area contributed by atoms with Crippen LogP contribution >= 0.6 is 11.6 Å². The lowest BCUT2D eigenvalue weighted by atomic mass is 10.2. The van der Waals surface area contributed by atoms with Gasteiger partial charge in [-0.15, -0.1) is 0 Å².